The van der Waals surface area contributed by atoms with Crippen molar-refractivity contribution in [3.63, 3.8) is 0 Å². The van der Waals surface area contributed by atoms with Gasteiger partial charge in [-0.3, -0.25) is 4.79 Å². The second kappa shape index (κ2) is 12.3. The van der Waals surface area contributed by atoms with Crippen LogP contribution in [0.4, 0.5) is 0 Å². The Morgan fingerprint density at radius 1 is 0.920 bits per heavy atom. The Morgan fingerprint density at radius 3 is 2.24 bits per heavy atom. The van der Waals surface area contributed by atoms with Gasteiger partial charge in [0.25, 0.3) is 0 Å². The first-order chi connectivity index (χ1) is 11.8. The van der Waals surface area contributed by atoms with E-state index in [0.29, 0.717) is 19.6 Å². The Morgan fingerprint density at radius 2 is 1.56 bits per heavy atom. The van der Waals surface area contributed by atoms with Gasteiger partial charge >= 0.3 is 0 Å². The van der Waals surface area contributed by atoms with Crippen LogP contribution in [0.1, 0.15) is 30.1 Å². The minimum Gasteiger partial charge on any atom is -0.490 e. The summed E-state index contributed by atoms with van der Waals surface area (Å²) in [4.78, 5) is 12.0. The van der Waals surface area contributed by atoms with Gasteiger partial charge in [-0.1, -0.05) is 42.5 Å². The number of benzene rings is 2. The largest absolute Gasteiger partial charge is 0.490 e. The molecule has 0 saturated carbocycles. The van der Waals surface area contributed by atoms with E-state index < -0.39 is 0 Å². The van der Waals surface area contributed by atoms with Crippen LogP contribution < -0.4 is 14.8 Å². The second-order valence-electron chi connectivity index (χ2n) is 5.37. The van der Waals surface area contributed by atoms with Crippen LogP contribution >= 0.6 is 12.4 Å². The van der Waals surface area contributed by atoms with Gasteiger partial charge in [0.05, 0.1) is 6.61 Å². The Balaban J connectivity index is 0.00000312. The number of ether oxygens (including phenoxy) is 2. The molecule has 2 rings (SSSR count). The van der Waals surface area contributed by atoms with Crippen LogP contribution in [0.15, 0.2) is 54.6 Å². The molecule has 0 atom stereocenters. The summed E-state index contributed by atoms with van der Waals surface area (Å²) in [6, 6.07) is 17.1. The summed E-state index contributed by atoms with van der Waals surface area (Å²) in [5.41, 5.74) is 0.786. The number of rotatable bonds is 11. The zero-order valence-corrected chi connectivity index (χ0v) is 15.4. The van der Waals surface area contributed by atoms with Gasteiger partial charge < -0.3 is 14.8 Å². The number of Topliss-reactive ketones (excluding diaryl/α,β-unsaturated/α-hetero) is 1. The Hall–Kier alpha value is -2.04. The number of carbonyl (C=O) groups excluding carboxylic acids is 1. The molecule has 0 spiro atoms. The van der Waals surface area contributed by atoms with Crippen LogP contribution in [0.25, 0.3) is 0 Å². The molecule has 4 nitrogen and oxygen atoms in total. The molecule has 1 N–H and O–H groups in total. The minimum atomic E-state index is 0. The summed E-state index contributed by atoms with van der Waals surface area (Å²) >= 11 is 0. The number of nitrogens with one attached hydrogen (secondary N) is 1. The van der Waals surface area contributed by atoms with Crippen LogP contribution in [-0.4, -0.2) is 32.1 Å². The van der Waals surface area contributed by atoms with E-state index in [4.69, 9.17) is 9.47 Å². The average molecular weight is 364 g/mol. The van der Waals surface area contributed by atoms with E-state index in [1.165, 1.54) is 0 Å². The minimum absolute atomic E-state index is 0. The van der Waals surface area contributed by atoms with Crippen LogP contribution in [0.3, 0.4) is 0 Å². The van der Waals surface area contributed by atoms with E-state index in [1.807, 2.05) is 61.5 Å². The predicted molar refractivity (Wildman–Crippen MR) is 103 cm³/mol. The van der Waals surface area contributed by atoms with Crippen LogP contribution in [0, 0.1) is 0 Å². The molecule has 5 heteroatoms. The molecule has 0 radical (unpaired) electrons. The molecule has 0 aliphatic rings. The lowest BCUT2D eigenvalue weighted by Crippen LogP contribution is -2.22. The molecule has 0 aliphatic carbocycles. The first-order valence-corrected chi connectivity index (χ1v) is 8.45. The van der Waals surface area contributed by atoms with Gasteiger partial charge in [0.15, 0.2) is 17.3 Å². The summed E-state index contributed by atoms with van der Waals surface area (Å²) in [6.45, 7) is 4.68. The maximum atomic E-state index is 12.0. The van der Waals surface area contributed by atoms with Crippen molar-refractivity contribution >= 4 is 18.2 Å². The van der Waals surface area contributed by atoms with Gasteiger partial charge in [0.1, 0.15) is 6.61 Å². The zero-order valence-electron chi connectivity index (χ0n) is 14.6. The van der Waals surface area contributed by atoms with E-state index in [2.05, 4.69) is 5.32 Å². The van der Waals surface area contributed by atoms with Crippen molar-refractivity contribution in [2.24, 2.45) is 0 Å². The van der Waals surface area contributed by atoms with Crippen molar-refractivity contribution in [3.05, 3.63) is 60.2 Å². The van der Waals surface area contributed by atoms with Gasteiger partial charge in [0, 0.05) is 18.5 Å². The lowest BCUT2D eigenvalue weighted by Gasteiger charge is -2.11. The van der Waals surface area contributed by atoms with E-state index in [0.717, 1.165) is 36.6 Å². The van der Waals surface area contributed by atoms with E-state index >= 15 is 0 Å². The number of hydrogen-bond donors (Lipinski definition) is 1. The van der Waals surface area contributed by atoms with Crippen molar-refractivity contribution in [3.8, 4) is 11.5 Å². The van der Waals surface area contributed by atoms with Gasteiger partial charge in [-0.25, -0.2) is 0 Å². The lowest BCUT2D eigenvalue weighted by molar-refractivity contribution is 0.0980. The van der Waals surface area contributed by atoms with Gasteiger partial charge in [-0.05, 0) is 32.0 Å². The Bertz CT molecular complexity index is 619. The Labute approximate surface area is 155 Å². The molecule has 2 aromatic rings. The molecule has 0 saturated heterocycles. The van der Waals surface area contributed by atoms with E-state index in [1.54, 1.807) is 0 Å². The van der Waals surface area contributed by atoms with Crippen molar-refractivity contribution in [2.75, 3.05) is 26.3 Å². The molecular formula is C20H26ClNO3. The highest BCUT2D eigenvalue weighted by molar-refractivity contribution is 5.95. The fourth-order valence-electron chi connectivity index (χ4n) is 2.34. The predicted octanol–water partition coefficient (Wildman–Crippen LogP) is 4.14. The van der Waals surface area contributed by atoms with Crippen LogP contribution in [0.2, 0.25) is 0 Å². The summed E-state index contributed by atoms with van der Waals surface area (Å²) in [6.07, 6.45) is 1.38. The maximum Gasteiger partial charge on any atom is 0.162 e. The number of hydrogen-bond acceptors (Lipinski definition) is 4. The molecule has 136 valence electrons. The summed E-state index contributed by atoms with van der Waals surface area (Å²) in [5.74, 6) is 1.73. The Kier molecular flexibility index (Phi) is 10.4. The number of ketones is 1. The van der Waals surface area contributed by atoms with Crippen molar-refractivity contribution in [1.82, 2.24) is 5.32 Å². The SMILES string of the molecule is CCOc1ccccc1OCCNCCCC(=O)c1ccccc1.Cl. The monoisotopic (exact) mass is 363 g/mol. The highest BCUT2D eigenvalue weighted by Gasteiger charge is 2.05. The average Bonchev–Trinajstić information content (AvgIpc) is 2.63. The van der Waals surface area contributed by atoms with Crippen molar-refractivity contribution in [2.45, 2.75) is 19.8 Å². The molecular weight excluding hydrogens is 338 g/mol. The quantitative estimate of drug-likeness (QED) is 0.481. The normalized spacial score (nSPS) is 9.96. The molecule has 0 amide bonds. The fourth-order valence-corrected chi connectivity index (χ4v) is 2.34. The number of carbonyl (C=O) groups is 1. The first-order valence-electron chi connectivity index (χ1n) is 8.45. The summed E-state index contributed by atoms with van der Waals surface area (Å²) in [5, 5.41) is 3.30. The van der Waals surface area contributed by atoms with Crippen LogP contribution in [0.5, 0.6) is 11.5 Å². The third kappa shape index (κ3) is 7.59. The van der Waals surface area contributed by atoms with E-state index in [-0.39, 0.29) is 18.2 Å². The molecule has 0 bridgehead atoms. The topological polar surface area (TPSA) is 47.6 Å². The molecule has 0 aromatic heterocycles. The van der Waals surface area contributed by atoms with E-state index in [9.17, 15) is 4.79 Å². The van der Waals surface area contributed by atoms with Gasteiger partial charge in [-0.15, -0.1) is 12.4 Å². The highest BCUT2D eigenvalue weighted by atomic mass is 35.5. The number of halogens is 1. The maximum absolute atomic E-state index is 12.0. The molecule has 0 aliphatic heterocycles. The second-order valence-corrected chi connectivity index (χ2v) is 5.37. The van der Waals surface area contributed by atoms with Gasteiger partial charge in [0.2, 0.25) is 0 Å². The van der Waals surface area contributed by atoms with Gasteiger partial charge in [-0.2, -0.15) is 0 Å². The molecule has 0 unspecified atom stereocenters. The third-order valence-corrected chi connectivity index (χ3v) is 3.54. The summed E-state index contributed by atoms with van der Waals surface area (Å²) in [7, 11) is 0. The standard InChI is InChI=1S/C20H25NO3.ClH/c1-2-23-19-12-6-7-13-20(19)24-16-15-21-14-8-11-18(22)17-9-4-3-5-10-17;/h3-7,9-10,12-13,21H,2,8,11,14-16H2,1H3;1H. The van der Waals surface area contributed by atoms with Crippen molar-refractivity contribution in [1.29, 1.82) is 0 Å². The zero-order chi connectivity index (χ0) is 17.0. The lowest BCUT2D eigenvalue weighted by atomic mass is 10.1. The summed E-state index contributed by atoms with van der Waals surface area (Å²) < 4.78 is 11.3. The van der Waals surface area contributed by atoms with Crippen LogP contribution in [-0.2, 0) is 0 Å². The van der Waals surface area contributed by atoms with Crippen molar-refractivity contribution < 1.29 is 14.3 Å². The molecule has 0 fully saturated rings. The molecule has 25 heavy (non-hydrogen) atoms. The number of para-hydroxylation sites is 2. The smallest absolute Gasteiger partial charge is 0.162 e. The third-order valence-electron chi connectivity index (χ3n) is 3.54. The molecule has 2 aromatic carbocycles. The fraction of sp³-hybridized carbons (Fsp3) is 0.350. The molecule has 0 heterocycles. The highest BCUT2D eigenvalue weighted by Crippen LogP contribution is 2.25. The first kappa shape index (κ1) is 21.0.